The SMILES string of the molecule is Cc1nc(C(N)c2ccc3c(c2)OCCCO3)no1. The summed E-state index contributed by atoms with van der Waals surface area (Å²) in [7, 11) is 0. The molecule has 6 heteroatoms. The molecule has 1 aliphatic rings. The molecule has 0 saturated carbocycles. The van der Waals surface area contributed by atoms with E-state index in [-0.39, 0.29) is 0 Å². The molecule has 2 N–H and O–H groups in total. The molecule has 0 aliphatic carbocycles. The van der Waals surface area contributed by atoms with Gasteiger partial charge in [0, 0.05) is 13.3 Å². The molecular formula is C13H15N3O3. The number of rotatable bonds is 2. The van der Waals surface area contributed by atoms with Crippen molar-refractivity contribution in [3.05, 3.63) is 35.5 Å². The third-order valence-electron chi connectivity index (χ3n) is 2.95. The number of aryl methyl sites for hydroxylation is 1. The average molecular weight is 261 g/mol. The molecule has 1 atom stereocenters. The molecule has 2 heterocycles. The van der Waals surface area contributed by atoms with Gasteiger partial charge in [-0.2, -0.15) is 4.98 Å². The molecule has 6 nitrogen and oxygen atoms in total. The minimum atomic E-state index is -0.436. The lowest BCUT2D eigenvalue weighted by atomic mass is 10.1. The minimum Gasteiger partial charge on any atom is -0.490 e. The Morgan fingerprint density at radius 2 is 2.00 bits per heavy atom. The maximum atomic E-state index is 6.12. The molecule has 0 spiro atoms. The molecule has 0 amide bonds. The molecule has 19 heavy (non-hydrogen) atoms. The second kappa shape index (κ2) is 4.89. The van der Waals surface area contributed by atoms with Crippen molar-refractivity contribution in [2.45, 2.75) is 19.4 Å². The van der Waals surface area contributed by atoms with Crippen LogP contribution in [0.4, 0.5) is 0 Å². The van der Waals surface area contributed by atoms with E-state index in [1.54, 1.807) is 6.92 Å². The molecule has 2 aromatic rings. The topological polar surface area (TPSA) is 83.4 Å². The summed E-state index contributed by atoms with van der Waals surface area (Å²) in [6.07, 6.45) is 0.875. The Labute approximate surface area is 110 Å². The number of hydrogen-bond acceptors (Lipinski definition) is 6. The summed E-state index contributed by atoms with van der Waals surface area (Å²) in [4.78, 5) is 4.14. The van der Waals surface area contributed by atoms with Crippen LogP contribution in [-0.2, 0) is 0 Å². The summed E-state index contributed by atoms with van der Waals surface area (Å²) in [5.41, 5.74) is 6.99. The lowest BCUT2D eigenvalue weighted by molar-refractivity contribution is 0.297. The van der Waals surface area contributed by atoms with E-state index in [4.69, 9.17) is 19.7 Å². The van der Waals surface area contributed by atoms with E-state index in [0.29, 0.717) is 30.7 Å². The third kappa shape index (κ3) is 2.39. The Balaban J connectivity index is 1.91. The van der Waals surface area contributed by atoms with Crippen LogP contribution in [0.15, 0.2) is 22.7 Å². The first-order valence-corrected chi connectivity index (χ1v) is 6.19. The summed E-state index contributed by atoms with van der Waals surface area (Å²) in [5.74, 6) is 2.43. The van der Waals surface area contributed by atoms with Crippen molar-refractivity contribution in [1.29, 1.82) is 0 Å². The number of aromatic nitrogens is 2. The van der Waals surface area contributed by atoms with Crippen LogP contribution in [0.25, 0.3) is 0 Å². The molecule has 1 aliphatic heterocycles. The second-order valence-corrected chi connectivity index (χ2v) is 4.41. The molecular weight excluding hydrogens is 246 g/mol. The van der Waals surface area contributed by atoms with Gasteiger partial charge in [-0.1, -0.05) is 11.2 Å². The number of fused-ring (bicyclic) bond motifs is 1. The van der Waals surface area contributed by atoms with Crippen molar-refractivity contribution >= 4 is 0 Å². The Morgan fingerprint density at radius 3 is 2.74 bits per heavy atom. The van der Waals surface area contributed by atoms with Crippen LogP contribution in [0.2, 0.25) is 0 Å². The third-order valence-corrected chi connectivity index (χ3v) is 2.95. The summed E-state index contributed by atoms with van der Waals surface area (Å²) < 4.78 is 16.2. The minimum absolute atomic E-state index is 0.436. The van der Waals surface area contributed by atoms with Gasteiger partial charge in [0.15, 0.2) is 17.3 Å². The molecule has 1 unspecified atom stereocenters. The zero-order valence-electron chi connectivity index (χ0n) is 10.6. The van der Waals surface area contributed by atoms with Gasteiger partial charge in [-0.3, -0.25) is 0 Å². The molecule has 0 fully saturated rings. The second-order valence-electron chi connectivity index (χ2n) is 4.41. The van der Waals surface area contributed by atoms with Gasteiger partial charge in [-0.15, -0.1) is 0 Å². The Kier molecular flexibility index (Phi) is 3.08. The number of nitrogens with two attached hydrogens (primary N) is 1. The summed E-state index contributed by atoms with van der Waals surface area (Å²) in [6, 6.07) is 5.19. The number of ether oxygens (including phenoxy) is 2. The Morgan fingerprint density at radius 1 is 1.21 bits per heavy atom. The van der Waals surface area contributed by atoms with Gasteiger partial charge in [0.1, 0.15) is 0 Å². The number of benzene rings is 1. The zero-order valence-corrected chi connectivity index (χ0v) is 10.6. The van der Waals surface area contributed by atoms with Gasteiger partial charge in [-0.25, -0.2) is 0 Å². The molecule has 3 rings (SSSR count). The summed E-state index contributed by atoms with van der Waals surface area (Å²) >= 11 is 0. The predicted octanol–water partition coefficient (Wildman–Crippen LogP) is 1.59. The van der Waals surface area contributed by atoms with Crippen LogP contribution in [-0.4, -0.2) is 23.4 Å². The standard InChI is InChI=1S/C13H15N3O3/c1-8-15-13(16-19-8)12(14)9-3-4-10-11(7-9)18-6-2-5-17-10/h3-4,7,12H,2,5-6,14H2,1H3. The zero-order chi connectivity index (χ0) is 13.2. The average Bonchev–Trinajstić information content (AvgIpc) is 2.72. The molecule has 1 aromatic carbocycles. The molecule has 0 bridgehead atoms. The van der Waals surface area contributed by atoms with Gasteiger partial charge < -0.3 is 19.7 Å². The van der Waals surface area contributed by atoms with Gasteiger partial charge in [0.25, 0.3) is 0 Å². The summed E-state index contributed by atoms with van der Waals surface area (Å²) in [6.45, 7) is 3.05. The quantitative estimate of drug-likeness (QED) is 0.883. The molecule has 100 valence electrons. The van der Waals surface area contributed by atoms with E-state index in [9.17, 15) is 0 Å². The van der Waals surface area contributed by atoms with Crippen molar-refractivity contribution in [2.75, 3.05) is 13.2 Å². The van der Waals surface area contributed by atoms with E-state index in [1.807, 2.05) is 18.2 Å². The van der Waals surface area contributed by atoms with Crippen LogP contribution in [0.1, 0.15) is 29.7 Å². The smallest absolute Gasteiger partial charge is 0.223 e. The molecule has 0 radical (unpaired) electrons. The maximum Gasteiger partial charge on any atom is 0.223 e. The van der Waals surface area contributed by atoms with Crippen LogP contribution in [0, 0.1) is 6.92 Å². The largest absolute Gasteiger partial charge is 0.490 e. The summed E-state index contributed by atoms with van der Waals surface area (Å²) in [5, 5.41) is 3.84. The fourth-order valence-electron chi connectivity index (χ4n) is 1.96. The van der Waals surface area contributed by atoms with Crippen molar-refractivity contribution in [2.24, 2.45) is 5.73 Å². The van der Waals surface area contributed by atoms with Crippen LogP contribution in [0.3, 0.4) is 0 Å². The Bertz CT molecular complexity index is 582. The van der Waals surface area contributed by atoms with E-state index in [0.717, 1.165) is 17.7 Å². The highest BCUT2D eigenvalue weighted by molar-refractivity contribution is 5.45. The van der Waals surface area contributed by atoms with Crippen molar-refractivity contribution in [3.63, 3.8) is 0 Å². The highest BCUT2D eigenvalue weighted by Crippen LogP contribution is 2.32. The predicted molar refractivity (Wildman–Crippen MR) is 67.1 cm³/mol. The van der Waals surface area contributed by atoms with Crippen LogP contribution >= 0.6 is 0 Å². The van der Waals surface area contributed by atoms with Crippen molar-refractivity contribution in [1.82, 2.24) is 10.1 Å². The van der Waals surface area contributed by atoms with Gasteiger partial charge >= 0.3 is 0 Å². The molecule has 1 aromatic heterocycles. The first-order chi connectivity index (χ1) is 9.24. The van der Waals surface area contributed by atoms with Crippen molar-refractivity contribution in [3.8, 4) is 11.5 Å². The van der Waals surface area contributed by atoms with Crippen molar-refractivity contribution < 1.29 is 14.0 Å². The fraction of sp³-hybridized carbons (Fsp3) is 0.385. The van der Waals surface area contributed by atoms with E-state index in [1.165, 1.54) is 0 Å². The maximum absolute atomic E-state index is 6.12. The van der Waals surface area contributed by atoms with Gasteiger partial charge in [0.05, 0.1) is 19.3 Å². The first-order valence-electron chi connectivity index (χ1n) is 6.19. The number of nitrogens with zero attached hydrogens (tertiary/aromatic N) is 2. The van der Waals surface area contributed by atoms with E-state index in [2.05, 4.69) is 10.1 Å². The van der Waals surface area contributed by atoms with Crippen LogP contribution < -0.4 is 15.2 Å². The van der Waals surface area contributed by atoms with Crippen LogP contribution in [0.5, 0.6) is 11.5 Å². The van der Waals surface area contributed by atoms with Gasteiger partial charge in [0.2, 0.25) is 5.89 Å². The first kappa shape index (κ1) is 12.0. The Hall–Kier alpha value is -2.08. The molecule has 0 saturated heterocycles. The fourth-order valence-corrected chi connectivity index (χ4v) is 1.96. The van der Waals surface area contributed by atoms with E-state index >= 15 is 0 Å². The lowest BCUT2D eigenvalue weighted by Crippen LogP contribution is -2.13. The van der Waals surface area contributed by atoms with E-state index < -0.39 is 6.04 Å². The normalized spacial score (nSPS) is 15.9. The van der Waals surface area contributed by atoms with Gasteiger partial charge in [-0.05, 0) is 17.7 Å². The monoisotopic (exact) mass is 261 g/mol. The number of hydrogen-bond donors (Lipinski definition) is 1. The highest BCUT2D eigenvalue weighted by Gasteiger charge is 2.18. The highest BCUT2D eigenvalue weighted by atomic mass is 16.5. The lowest BCUT2D eigenvalue weighted by Gasteiger charge is -2.12.